The molecule has 9 nitrogen and oxygen atoms in total. The van der Waals surface area contributed by atoms with Crippen LogP contribution in [0.3, 0.4) is 0 Å². The van der Waals surface area contributed by atoms with Crippen LogP contribution in [-0.2, 0) is 5.66 Å². The molecule has 0 spiro atoms. The summed E-state index contributed by atoms with van der Waals surface area (Å²) in [7, 11) is 1.55. The Morgan fingerprint density at radius 1 is 1.12 bits per heavy atom. The molecule has 0 saturated heterocycles. The molecule has 1 amide bonds. The molecule has 1 aliphatic rings. The molecule has 1 aliphatic heterocycles. The Balaban J connectivity index is 1.79. The van der Waals surface area contributed by atoms with E-state index in [1.807, 2.05) is 13.0 Å². The quantitative estimate of drug-likeness (QED) is 0.309. The van der Waals surface area contributed by atoms with Crippen LogP contribution < -0.4 is 14.8 Å². The fourth-order valence-corrected chi connectivity index (χ4v) is 3.86. The number of anilines is 1. The molecule has 3 aromatic carbocycles. The van der Waals surface area contributed by atoms with Crippen molar-refractivity contribution in [2.45, 2.75) is 19.5 Å². The number of non-ortho nitro benzene ring substituents is 1. The zero-order valence-corrected chi connectivity index (χ0v) is 19.0. The molecule has 1 N–H and O–H groups in total. The summed E-state index contributed by atoms with van der Waals surface area (Å²) in [6.07, 6.45) is 1.54. The van der Waals surface area contributed by atoms with Crippen LogP contribution in [0.15, 0.2) is 71.8 Å². The molecule has 0 radical (unpaired) electrons. The first-order valence-corrected chi connectivity index (χ1v) is 10.7. The molecule has 0 aliphatic carbocycles. The predicted octanol–water partition coefficient (Wildman–Crippen LogP) is 4.78. The van der Waals surface area contributed by atoms with Gasteiger partial charge in [0.2, 0.25) is 0 Å². The number of benzene rings is 3. The van der Waals surface area contributed by atoms with Crippen molar-refractivity contribution in [2.24, 2.45) is 5.10 Å². The summed E-state index contributed by atoms with van der Waals surface area (Å²) in [5.41, 5.74) is 1.03. The fourth-order valence-electron chi connectivity index (χ4n) is 3.86. The van der Waals surface area contributed by atoms with E-state index >= 15 is 0 Å². The lowest BCUT2D eigenvalue weighted by Gasteiger charge is -2.43. The van der Waals surface area contributed by atoms with E-state index in [-0.39, 0.29) is 11.6 Å². The van der Waals surface area contributed by atoms with Gasteiger partial charge >= 0.3 is 0 Å². The Labute approximate surface area is 196 Å². The maximum absolute atomic E-state index is 13.5. The normalized spacial score (nSPS) is 17.3. The first-order valence-electron chi connectivity index (χ1n) is 10.7. The second-order valence-electron chi connectivity index (χ2n) is 7.76. The standard InChI is InChI=1S/C25H24N4O5/c1-4-34-22-13-12-17(14-23(22)33-3)16-26-28-24(30)20-10-5-6-11-21(20)27-25(28,2)18-8-7-9-19(15-18)29(31)32/h5-16,27H,4H2,1-3H3/b26-16-/t25-/m1/s1. The second kappa shape index (κ2) is 9.22. The van der Waals surface area contributed by atoms with Gasteiger partial charge in [-0.3, -0.25) is 14.9 Å². The van der Waals surface area contributed by atoms with Crippen molar-refractivity contribution in [3.05, 3.63) is 93.5 Å². The van der Waals surface area contributed by atoms with Crippen LogP contribution in [0.25, 0.3) is 0 Å². The van der Waals surface area contributed by atoms with Crippen molar-refractivity contribution in [2.75, 3.05) is 19.0 Å². The second-order valence-corrected chi connectivity index (χ2v) is 7.76. The highest BCUT2D eigenvalue weighted by molar-refractivity contribution is 6.02. The fraction of sp³-hybridized carbons (Fsp3) is 0.200. The Kier molecular flexibility index (Phi) is 6.18. The number of para-hydroxylation sites is 1. The summed E-state index contributed by atoms with van der Waals surface area (Å²) in [4.78, 5) is 24.4. The van der Waals surface area contributed by atoms with Gasteiger partial charge in [-0.05, 0) is 49.7 Å². The minimum atomic E-state index is -1.18. The molecule has 34 heavy (non-hydrogen) atoms. The van der Waals surface area contributed by atoms with Gasteiger partial charge in [0.15, 0.2) is 17.2 Å². The number of carbonyl (C=O) groups excluding carboxylic acids is 1. The van der Waals surface area contributed by atoms with Gasteiger partial charge in [0.1, 0.15) is 0 Å². The number of nitrogens with one attached hydrogen (secondary N) is 1. The van der Waals surface area contributed by atoms with Crippen LogP contribution in [0.4, 0.5) is 11.4 Å². The Morgan fingerprint density at radius 3 is 2.65 bits per heavy atom. The number of carbonyl (C=O) groups is 1. The van der Waals surface area contributed by atoms with Crippen LogP contribution in [-0.4, -0.2) is 35.8 Å². The lowest BCUT2D eigenvalue weighted by molar-refractivity contribution is -0.385. The van der Waals surface area contributed by atoms with Crippen molar-refractivity contribution in [3.63, 3.8) is 0 Å². The molecule has 9 heteroatoms. The van der Waals surface area contributed by atoms with E-state index in [1.165, 1.54) is 17.1 Å². The monoisotopic (exact) mass is 460 g/mol. The van der Waals surface area contributed by atoms with Gasteiger partial charge in [-0.25, -0.2) is 0 Å². The van der Waals surface area contributed by atoms with Crippen molar-refractivity contribution >= 4 is 23.5 Å². The molecule has 0 saturated carbocycles. The summed E-state index contributed by atoms with van der Waals surface area (Å²) in [6, 6.07) is 18.6. The van der Waals surface area contributed by atoms with Crippen LogP contribution >= 0.6 is 0 Å². The molecule has 0 unspecified atom stereocenters. The molecule has 3 aromatic rings. The van der Waals surface area contributed by atoms with Crippen molar-refractivity contribution < 1.29 is 19.2 Å². The predicted molar refractivity (Wildman–Crippen MR) is 128 cm³/mol. The largest absolute Gasteiger partial charge is 0.493 e. The minimum absolute atomic E-state index is 0.0768. The van der Waals surface area contributed by atoms with Crippen LogP contribution in [0.5, 0.6) is 11.5 Å². The average Bonchev–Trinajstić information content (AvgIpc) is 2.84. The summed E-state index contributed by atoms with van der Waals surface area (Å²) in [5.74, 6) is 0.812. The molecule has 1 atom stereocenters. The number of hydrogen-bond acceptors (Lipinski definition) is 7. The topological polar surface area (TPSA) is 106 Å². The van der Waals surface area contributed by atoms with E-state index < -0.39 is 10.6 Å². The van der Waals surface area contributed by atoms with Gasteiger partial charge in [0.05, 0.1) is 30.4 Å². The number of amides is 1. The highest BCUT2D eigenvalue weighted by Gasteiger charge is 2.43. The molecule has 1 heterocycles. The van der Waals surface area contributed by atoms with E-state index in [4.69, 9.17) is 9.47 Å². The molecule has 0 aromatic heterocycles. The first kappa shape index (κ1) is 22.8. The summed E-state index contributed by atoms with van der Waals surface area (Å²) >= 11 is 0. The van der Waals surface area contributed by atoms with Gasteiger partial charge in [0.25, 0.3) is 11.6 Å². The maximum Gasteiger partial charge on any atom is 0.278 e. The van der Waals surface area contributed by atoms with Crippen LogP contribution in [0.2, 0.25) is 0 Å². The lowest BCUT2D eigenvalue weighted by Crippen LogP contribution is -2.53. The van der Waals surface area contributed by atoms with Gasteiger partial charge < -0.3 is 14.8 Å². The Hall–Kier alpha value is -4.40. The number of hydrazone groups is 1. The summed E-state index contributed by atoms with van der Waals surface area (Å²) in [6.45, 7) is 4.14. The van der Waals surface area contributed by atoms with Gasteiger partial charge in [-0.15, -0.1) is 0 Å². The Morgan fingerprint density at radius 2 is 1.91 bits per heavy atom. The molecule has 0 bridgehead atoms. The number of methoxy groups -OCH3 is 1. The molecular weight excluding hydrogens is 436 g/mol. The molecule has 0 fully saturated rings. The van der Waals surface area contributed by atoms with Crippen molar-refractivity contribution in [1.82, 2.24) is 5.01 Å². The number of nitrogens with zero attached hydrogens (tertiary/aromatic N) is 3. The first-order chi connectivity index (χ1) is 16.4. The lowest BCUT2D eigenvalue weighted by atomic mass is 9.95. The highest BCUT2D eigenvalue weighted by atomic mass is 16.6. The number of nitro benzene ring substituents is 1. The molecular formula is C25H24N4O5. The van der Waals surface area contributed by atoms with E-state index in [1.54, 1.807) is 68.8 Å². The van der Waals surface area contributed by atoms with Gasteiger partial charge in [0, 0.05) is 23.4 Å². The maximum atomic E-state index is 13.5. The Bertz CT molecular complexity index is 1280. The van der Waals surface area contributed by atoms with Crippen LogP contribution in [0, 0.1) is 10.1 Å². The average molecular weight is 460 g/mol. The molecule has 174 valence electrons. The van der Waals surface area contributed by atoms with E-state index in [0.717, 1.165) is 0 Å². The summed E-state index contributed by atoms with van der Waals surface area (Å²) in [5, 5.41) is 20.5. The number of hydrogen-bond donors (Lipinski definition) is 1. The van der Waals surface area contributed by atoms with E-state index in [9.17, 15) is 14.9 Å². The van der Waals surface area contributed by atoms with E-state index in [2.05, 4.69) is 10.4 Å². The number of rotatable bonds is 7. The third-order valence-corrected chi connectivity index (χ3v) is 5.58. The van der Waals surface area contributed by atoms with Gasteiger partial charge in [-0.1, -0.05) is 24.3 Å². The third-order valence-electron chi connectivity index (χ3n) is 5.58. The van der Waals surface area contributed by atoms with Crippen molar-refractivity contribution in [3.8, 4) is 11.5 Å². The van der Waals surface area contributed by atoms with Crippen molar-refractivity contribution in [1.29, 1.82) is 0 Å². The summed E-state index contributed by atoms with van der Waals surface area (Å²) < 4.78 is 11.0. The van der Waals surface area contributed by atoms with E-state index in [0.29, 0.717) is 40.5 Å². The van der Waals surface area contributed by atoms with Gasteiger partial charge in [-0.2, -0.15) is 10.1 Å². The number of fused-ring (bicyclic) bond motifs is 1. The number of nitro groups is 1. The molecule has 4 rings (SSSR count). The number of ether oxygens (including phenoxy) is 2. The minimum Gasteiger partial charge on any atom is -0.493 e. The SMILES string of the molecule is CCOc1ccc(/C=N\N2C(=O)c3ccccc3N[C@@]2(C)c2cccc([N+](=O)[O-])c2)cc1OC. The zero-order valence-electron chi connectivity index (χ0n) is 19.0. The smallest absolute Gasteiger partial charge is 0.278 e. The highest BCUT2D eigenvalue weighted by Crippen LogP contribution is 2.39. The third kappa shape index (κ3) is 4.15. The zero-order chi connectivity index (χ0) is 24.3. The van der Waals surface area contributed by atoms with Crippen LogP contribution in [0.1, 0.15) is 35.3 Å².